The van der Waals surface area contributed by atoms with Crippen molar-refractivity contribution in [2.45, 2.75) is 20.8 Å². The number of benzene rings is 1. The molecule has 0 aliphatic heterocycles. The Bertz CT molecular complexity index is 827. The first-order chi connectivity index (χ1) is 11.0. The Hall–Kier alpha value is -2.89. The smallest absolute Gasteiger partial charge is 0.296 e. The molecule has 0 spiro atoms. The van der Waals surface area contributed by atoms with E-state index in [0.717, 1.165) is 11.1 Å². The van der Waals surface area contributed by atoms with Crippen LogP contribution in [0.4, 0.5) is 5.69 Å². The van der Waals surface area contributed by atoms with Crippen LogP contribution in [0.5, 0.6) is 0 Å². The number of amides is 1. The average molecular weight is 311 g/mol. The van der Waals surface area contributed by atoms with E-state index in [4.69, 9.17) is 9.05 Å². The molecular weight excluding hydrogens is 294 g/mol. The molecule has 1 aromatic carbocycles. The summed E-state index contributed by atoms with van der Waals surface area (Å²) >= 11 is 0. The Balaban J connectivity index is 1.88. The molecule has 0 aliphatic rings. The molecule has 0 aliphatic carbocycles. The predicted molar refractivity (Wildman–Crippen MR) is 85.4 cm³/mol. The van der Waals surface area contributed by atoms with Crippen molar-refractivity contribution in [3.63, 3.8) is 0 Å². The maximum absolute atomic E-state index is 12.6. The first-order valence-corrected chi connectivity index (χ1v) is 7.22. The van der Waals surface area contributed by atoms with Gasteiger partial charge in [-0.15, -0.1) is 0 Å². The minimum absolute atomic E-state index is 0.170. The standard InChI is InChI=1S/C17H17N3O3/c1-10-5-7-13(8-6-10)14-9-15(23-19-14)17(21)20(4)16-11(2)18-22-12(16)3/h5-9H,1-4H3. The van der Waals surface area contributed by atoms with Crippen molar-refractivity contribution in [2.75, 3.05) is 11.9 Å². The van der Waals surface area contributed by atoms with Crippen LogP contribution >= 0.6 is 0 Å². The zero-order chi connectivity index (χ0) is 16.6. The average Bonchev–Trinajstić information content (AvgIpc) is 3.14. The van der Waals surface area contributed by atoms with Crippen molar-refractivity contribution < 1.29 is 13.8 Å². The Labute approximate surface area is 133 Å². The van der Waals surface area contributed by atoms with E-state index in [0.29, 0.717) is 22.8 Å². The van der Waals surface area contributed by atoms with Crippen LogP contribution in [-0.2, 0) is 0 Å². The third-order valence-corrected chi connectivity index (χ3v) is 3.70. The van der Waals surface area contributed by atoms with Crippen molar-refractivity contribution >= 4 is 11.6 Å². The van der Waals surface area contributed by atoms with Gasteiger partial charge in [-0.3, -0.25) is 4.79 Å². The van der Waals surface area contributed by atoms with E-state index in [2.05, 4.69) is 10.3 Å². The molecule has 0 saturated heterocycles. The third kappa shape index (κ3) is 2.75. The quantitative estimate of drug-likeness (QED) is 0.740. The summed E-state index contributed by atoms with van der Waals surface area (Å²) in [7, 11) is 1.66. The summed E-state index contributed by atoms with van der Waals surface area (Å²) in [5.74, 6) is 0.449. The molecule has 0 unspecified atom stereocenters. The van der Waals surface area contributed by atoms with Gasteiger partial charge in [-0.25, -0.2) is 0 Å². The highest BCUT2D eigenvalue weighted by Gasteiger charge is 2.24. The fraction of sp³-hybridized carbons (Fsp3) is 0.235. The van der Waals surface area contributed by atoms with Gasteiger partial charge in [0.25, 0.3) is 5.91 Å². The lowest BCUT2D eigenvalue weighted by Gasteiger charge is -2.14. The highest BCUT2D eigenvalue weighted by atomic mass is 16.5. The van der Waals surface area contributed by atoms with Gasteiger partial charge in [0.05, 0.1) is 0 Å². The molecule has 0 radical (unpaired) electrons. The number of anilines is 1. The molecule has 23 heavy (non-hydrogen) atoms. The lowest BCUT2D eigenvalue weighted by molar-refractivity contribution is 0.0957. The Morgan fingerprint density at radius 2 is 1.74 bits per heavy atom. The van der Waals surface area contributed by atoms with Gasteiger partial charge < -0.3 is 13.9 Å². The van der Waals surface area contributed by atoms with Gasteiger partial charge in [-0.2, -0.15) is 0 Å². The molecule has 1 amide bonds. The summed E-state index contributed by atoms with van der Waals surface area (Å²) in [6, 6.07) is 9.50. The minimum Gasteiger partial charge on any atom is -0.359 e. The zero-order valence-electron chi connectivity index (χ0n) is 13.5. The molecular formula is C17H17N3O3. The van der Waals surface area contributed by atoms with E-state index < -0.39 is 0 Å². The van der Waals surface area contributed by atoms with Gasteiger partial charge >= 0.3 is 0 Å². The van der Waals surface area contributed by atoms with Crippen LogP contribution in [0.2, 0.25) is 0 Å². The maximum atomic E-state index is 12.6. The molecule has 0 N–H and O–H groups in total. The summed E-state index contributed by atoms with van der Waals surface area (Å²) in [5.41, 5.74) is 3.98. The zero-order valence-corrected chi connectivity index (χ0v) is 13.5. The molecule has 0 atom stereocenters. The van der Waals surface area contributed by atoms with Crippen LogP contribution in [0, 0.1) is 20.8 Å². The fourth-order valence-electron chi connectivity index (χ4n) is 2.46. The van der Waals surface area contributed by atoms with E-state index in [1.807, 2.05) is 31.2 Å². The Morgan fingerprint density at radius 1 is 1.04 bits per heavy atom. The van der Waals surface area contributed by atoms with Gasteiger partial charge in [0.1, 0.15) is 17.1 Å². The van der Waals surface area contributed by atoms with E-state index in [1.54, 1.807) is 27.0 Å². The molecule has 0 saturated carbocycles. The van der Waals surface area contributed by atoms with Crippen LogP contribution in [0.3, 0.4) is 0 Å². The number of hydrogen-bond acceptors (Lipinski definition) is 5. The summed E-state index contributed by atoms with van der Waals surface area (Å²) in [4.78, 5) is 14.0. The number of aromatic nitrogens is 2. The molecule has 6 nitrogen and oxygen atoms in total. The number of carbonyl (C=O) groups excluding carboxylic acids is 1. The van der Waals surface area contributed by atoms with Gasteiger partial charge in [0, 0.05) is 18.7 Å². The Kier molecular flexibility index (Phi) is 3.73. The number of hydrogen-bond donors (Lipinski definition) is 0. The fourth-order valence-corrected chi connectivity index (χ4v) is 2.46. The Morgan fingerprint density at radius 3 is 2.35 bits per heavy atom. The van der Waals surface area contributed by atoms with Crippen molar-refractivity contribution in [1.29, 1.82) is 0 Å². The lowest BCUT2D eigenvalue weighted by atomic mass is 10.1. The van der Waals surface area contributed by atoms with Gasteiger partial charge in [-0.1, -0.05) is 40.1 Å². The number of nitrogens with zero attached hydrogens (tertiary/aromatic N) is 3. The van der Waals surface area contributed by atoms with Crippen LogP contribution in [0.25, 0.3) is 11.3 Å². The molecule has 6 heteroatoms. The molecule has 2 heterocycles. The molecule has 0 bridgehead atoms. The van der Waals surface area contributed by atoms with Crippen LogP contribution < -0.4 is 4.90 Å². The largest absolute Gasteiger partial charge is 0.359 e. The summed E-state index contributed by atoms with van der Waals surface area (Å²) in [6.07, 6.45) is 0. The molecule has 2 aromatic heterocycles. The van der Waals surface area contributed by atoms with E-state index in [-0.39, 0.29) is 11.7 Å². The van der Waals surface area contributed by atoms with Crippen LogP contribution in [-0.4, -0.2) is 23.3 Å². The minimum atomic E-state index is -0.301. The number of rotatable bonds is 3. The topological polar surface area (TPSA) is 72.4 Å². The number of carbonyl (C=O) groups is 1. The first-order valence-electron chi connectivity index (χ1n) is 7.22. The maximum Gasteiger partial charge on any atom is 0.296 e. The highest BCUT2D eigenvalue weighted by Crippen LogP contribution is 2.26. The monoisotopic (exact) mass is 311 g/mol. The lowest BCUT2D eigenvalue weighted by Crippen LogP contribution is -2.26. The van der Waals surface area contributed by atoms with Crippen LogP contribution in [0.1, 0.15) is 27.6 Å². The van der Waals surface area contributed by atoms with E-state index in [9.17, 15) is 4.79 Å². The van der Waals surface area contributed by atoms with Crippen LogP contribution in [0.15, 0.2) is 39.4 Å². The summed E-state index contributed by atoms with van der Waals surface area (Å²) in [5, 5.41) is 7.84. The molecule has 0 fully saturated rings. The normalized spacial score (nSPS) is 10.8. The molecule has 3 rings (SSSR count). The molecule has 3 aromatic rings. The first kappa shape index (κ1) is 15.0. The summed E-state index contributed by atoms with van der Waals surface area (Å²) in [6.45, 7) is 5.56. The third-order valence-electron chi connectivity index (χ3n) is 3.70. The molecule has 118 valence electrons. The van der Waals surface area contributed by atoms with Crippen molar-refractivity contribution in [3.8, 4) is 11.3 Å². The SMILES string of the molecule is Cc1ccc(-c2cc(C(=O)N(C)c3c(C)noc3C)on2)cc1. The van der Waals surface area contributed by atoms with Gasteiger partial charge in [0.15, 0.2) is 5.76 Å². The van der Waals surface area contributed by atoms with Gasteiger partial charge in [0.2, 0.25) is 5.76 Å². The van der Waals surface area contributed by atoms with Crippen molar-refractivity contribution in [2.24, 2.45) is 0 Å². The second kappa shape index (κ2) is 5.72. The number of aryl methyl sites for hydroxylation is 3. The highest BCUT2D eigenvalue weighted by molar-refractivity contribution is 6.04. The van der Waals surface area contributed by atoms with E-state index >= 15 is 0 Å². The van der Waals surface area contributed by atoms with E-state index in [1.165, 1.54) is 4.90 Å². The van der Waals surface area contributed by atoms with Crippen molar-refractivity contribution in [1.82, 2.24) is 10.3 Å². The predicted octanol–water partition coefficient (Wildman–Crippen LogP) is 3.53. The second-order valence-corrected chi connectivity index (χ2v) is 5.48. The van der Waals surface area contributed by atoms with Gasteiger partial charge in [-0.05, 0) is 20.8 Å². The van der Waals surface area contributed by atoms with Crippen molar-refractivity contribution in [3.05, 3.63) is 53.1 Å². The summed E-state index contributed by atoms with van der Waals surface area (Å²) < 4.78 is 10.3. The second-order valence-electron chi connectivity index (χ2n) is 5.48.